The predicted molar refractivity (Wildman–Crippen MR) is 126 cm³/mol. The van der Waals surface area contributed by atoms with Gasteiger partial charge in [-0.2, -0.15) is 0 Å². The van der Waals surface area contributed by atoms with Gasteiger partial charge < -0.3 is 20.4 Å². The van der Waals surface area contributed by atoms with E-state index in [9.17, 15) is 14.2 Å². The van der Waals surface area contributed by atoms with Crippen LogP contribution in [0.1, 0.15) is 35.1 Å². The minimum atomic E-state index is -4.73. The number of carbonyl (C=O) groups excluding carboxylic acids is 2. The third-order valence-electron chi connectivity index (χ3n) is 4.29. The summed E-state index contributed by atoms with van der Waals surface area (Å²) in [5.74, 6) is 0.661. The van der Waals surface area contributed by atoms with Gasteiger partial charge in [0.25, 0.3) is 0 Å². The smallest absolute Gasteiger partial charge is 0.383 e. The molecule has 0 atom stereocenters. The highest BCUT2D eigenvalue weighted by molar-refractivity contribution is 8.17. The Labute approximate surface area is 204 Å². The Hall–Kier alpha value is -1.98. The number of phosphoric ester groups is 1. The lowest BCUT2D eigenvalue weighted by Crippen LogP contribution is -2.22. The summed E-state index contributed by atoms with van der Waals surface area (Å²) in [4.78, 5) is 52.4. The maximum Gasteiger partial charge on any atom is 0.469 e. The average Bonchev–Trinajstić information content (AvgIpc) is 2.71. The number of nitrogens with zero attached hydrogens (tertiary/aromatic N) is 3. The van der Waals surface area contributed by atoms with Crippen LogP contribution in [-0.4, -0.2) is 42.8 Å². The van der Waals surface area contributed by atoms with Gasteiger partial charge in [-0.3, -0.25) is 14.1 Å². The van der Waals surface area contributed by atoms with Crippen LogP contribution in [0, 0.1) is 6.92 Å². The molecule has 1 amide bonds. The third kappa shape index (κ3) is 8.08. The molecule has 0 aliphatic heterocycles. The molecule has 0 unspecified atom stereocenters. The first-order valence-corrected chi connectivity index (χ1v) is 12.4. The largest absolute Gasteiger partial charge is 0.469 e. The van der Waals surface area contributed by atoms with Gasteiger partial charge in [0.15, 0.2) is 0 Å². The summed E-state index contributed by atoms with van der Waals surface area (Å²) in [5.41, 5.74) is 6.79. The SMILES string of the molecule is C/C(=C(\CCOP(=O)(O)O)SC(=O)c1c(Cl)cccc1Cl)N(C=O)Cc1cnc(C)nc1N. The molecule has 0 spiro atoms. The number of hydrogen-bond acceptors (Lipinski definition) is 8. The van der Waals surface area contributed by atoms with Gasteiger partial charge in [-0.1, -0.05) is 29.3 Å². The van der Waals surface area contributed by atoms with Crippen LogP contribution in [-0.2, 0) is 20.4 Å². The molecule has 2 aromatic rings. The number of anilines is 1. The van der Waals surface area contributed by atoms with Gasteiger partial charge in [0.2, 0.25) is 11.5 Å². The highest BCUT2D eigenvalue weighted by Crippen LogP contribution is 2.38. The number of thioether (sulfide) groups is 1. The fourth-order valence-corrected chi connectivity index (χ4v) is 4.64. The highest BCUT2D eigenvalue weighted by atomic mass is 35.5. The van der Waals surface area contributed by atoms with E-state index < -0.39 is 19.5 Å². The molecule has 0 fully saturated rings. The maximum absolute atomic E-state index is 12.9. The molecule has 1 aromatic carbocycles. The van der Waals surface area contributed by atoms with Gasteiger partial charge in [0.05, 0.1) is 28.8 Å². The first kappa shape index (κ1) is 27.3. The van der Waals surface area contributed by atoms with E-state index in [2.05, 4.69) is 14.5 Å². The molecular formula is C19H21Cl2N4O6PS. The molecule has 1 heterocycles. The van der Waals surface area contributed by atoms with Crippen molar-refractivity contribution in [2.24, 2.45) is 0 Å². The Morgan fingerprint density at radius 1 is 1.33 bits per heavy atom. The molecule has 0 bridgehead atoms. The van der Waals surface area contributed by atoms with E-state index in [1.807, 2.05) is 0 Å². The fourth-order valence-electron chi connectivity index (χ4n) is 2.63. The summed E-state index contributed by atoms with van der Waals surface area (Å²) >= 11 is 13.0. The summed E-state index contributed by atoms with van der Waals surface area (Å²) in [5, 5.41) is -0.235. The standard InChI is InChI=1S/C19H21Cl2N4O6PS/c1-11(25(10-26)9-13-8-23-12(2)24-18(13)22)16(6-7-31-32(28,29)30)33-19(27)17-14(20)4-3-5-15(17)21/h3-5,8,10H,6-7,9H2,1-2H3,(H2,22,23,24)(H2,28,29,30)/b16-11-. The highest BCUT2D eigenvalue weighted by Gasteiger charge is 2.22. The van der Waals surface area contributed by atoms with Crippen molar-refractivity contribution in [3.63, 3.8) is 0 Å². The summed E-state index contributed by atoms with van der Waals surface area (Å²) in [6.07, 6.45) is 1.94. The second kappa shape index (κ2) is 11.9. The lowest BCUT2D eigenvalue weighted by atomic mass is 10.2. The van der Waals surface area contributed by atoms with E-state index in [1.54, 1.807) is 19.9 Å². The van der Waals surface area contributed by atoms with Crippen molar-refractivity contribution in [3.8, 4) is 0 Å². The molecule has 1 aromatic heterocycles. The number of nitrogens with two attached hydrogens (primary N) is 1. The fraction of sp³-hybridized carbons (Fsp3) is 0.263. The number of halogens is 2. The number of rotatable bonds is 10. The van der Waals surface area contributed by atoms with Gasteiger partial charge in [-0.05, 0) is 37.7 Å². The quantitative estimate of drug-likeness (QED) is 0.301. The molecule has 178 valence electrons. The number of aromatic nitrogens is 2. The second-order valence-corrected chi connectivity index (χ2v) is 9.75. The molecule has 14 heteroatoms. The van der Waals surface area contributed by atoms with E-state index in [1.165, 1.54) is 23.2 Å². The van der Waals surface area contributed by atoms with Crippen LogP contribution in [0.15, 0.2) is 35.0 Å². The van der Waals surface area contributed by atoms with E-state index in [-0.39, 0.29) is 34.4 Å². The van der Waals surface area contributed by atoms with Crippen molar-refractivity contribution in [3.05, 3.63) is 62.0 Å². The van der Waals surface area contributed by atoms with Crippen LogP contribution in [0.3, 0.4) is 0 Å². The maximum atomic E-state index is 12.9. The summed E-state index contributed by atoms with van der Waals surface area (Å²) in [7, 11) is -4.73. The molecule has 0 aliphatic rings. The molecule has 0 radical (unpaired) electrons. The lowest BCUT2D eigenvalue weighted by Gasteiger charge is -2.22. The molecule has 0 saturated carbocycles. The van der Waals surface area contributed by atoms with Crippen molar-refractivity contribution in [1.82, 2.24) is 14.9 Å². The Kier molecular flexibility index (Phi) is 9.86. The minimum Gasteiger partial charge on any atom is -0.383 e. The van der Waals surface area contributed by atoms with Crippen LogP contribution in [0.25, 0.3) is 0 Å². The number of allylic oxidation sites excluding steroid dienone is 1. The first-order chi connectivity index (χ1) is 15.4. The van der Waals surface area contributed by atoms with Crippen LogP contribution >= 0.6 is 42.8 Å². The van der Waals surface area contributed by atoms with E-state index in [4.69, 9.17) is 38.7 Å². The Morgan fingerprint density at radius 2 is 1.97 bits per heavy atom. The normalized spacial score (nSPS) is 12.3. The van der Waals surface area contributed by atoms with E-state index >= 15 is 0 Å². The molecule has 33 heavy (non-hydrogen) atoms. The molecule has 0 aliphatic carbocycles. The van der Waals surface area contributed by atoms with Crippen LogP contribution in [0.2, 0.25) is 10.0 Å². The number of benzene rings is 1. The Morgan fingerprint density at radius 3 is 2.52 bits per heavy atom. The van der Waals surface area contributed by atoms with Gasteiger partial charge in [0, 0.05) is 28.8 Å². The van der Waals surface area contributed by atoms with Gasteiger partial charge in [0.1, 0.15) is 11.6 Å². The van der Waals surface area contributed by atoms with Gasteiger partial charge in [-0.25, -0.2) is 14.5 Å². The van der Waals surface area contributed by atoms with Crippen molar-refractivity contribution >= 4 is 60.1 Å². The van der Waals surface area contributed by atoms with Gasteiger partial charge >= 0.3 is 7.82 Å². The van der Waals surface area contributed by atoms with Gasteiger partial charge in [-0.15, -0.1) is 0 Å². The zero-order valence-electron chi connectivity index (χ0n) is 17.6. The summed E-state index contributed by atoms with van der Waals surface area (Å²) in [6.45, 7) is 2.84. The molecule has 4 N–H and O–H groups in total. The third-order valence-corrected chi connectivity index (χ3v) is 6.58. The average molecular weight is 535 g/mol. The van der Waals surface area contributed by atoms with Crippen molar-refractivity contribution < 1.29 is 28.5 Å². The Balaban J connectivity index is 2.38. The molecular weight excluding hydrogens is 514 g/mol. The van der Waals surface area contributed by atoms with Crippen molar-refractivity contribution in [2.45, 2.75) is 26.8 Å². The second-order valence-electron chi connectivity index (χ2n) is 6.63. The number of amides is 1. The van der Waals surface area contributed by atoms with Crippen molar-refractivity contribution in [1.29, 1.82) is 0 Å². The number of aryl methyl sites for hydroxylation is 1. The van der Waals surface area contributed by atoms with Crippen LogP contribution < -0.4 is 5.73 Å². The number of hydrogen-bond donors (Lipinski definition) is 3. The van der Waals surface area contributed by atoms with E-state index in [0.717, 1.165) is 11.8 Å². The van der Waals surface area contributed by atoms with E-state index in [0.29, 0.717) is 28.4 Å². The topological polar surface area (TPSA) is 156 Å². The first-order valence-electron chi connectivity index (χ1n) is 9.29. The monoisotopic (exact) mass is 534 g/mol. The zero-order chi connectivity index (χ0) is 24.8. The predicted octanol–water partition coefficient (Wildman–Crippen LogP) is 3.94. The molecule has 2 rings (SSSR count). The number of carbonyl (C=O) groups is 2. The van der Waals surface area contributed by atoms with Crippen LogP contribution in [0.5, 0.6) is 0 Å². The Bertz CT molecular complexity index is 1110. The van der Waals surface area contributed by atoms with Crippen molar-refractivity contribution in [2.75, 3.05) is 12.3 Å². The summed E-state index contributed by atoms with van der Waals surface area (Å²) in [6, 6.07) is 4.60. The van der Waals surface area contributed by atoms with Crippen LogP contribution in [0.4, 0.5) is 5.82 Å². The molecule has 0 saturated heterocycles. The minimum absolute atomic E-state index is 0.00585. The number of nitrogen functional groups attached to an aromatic ring is 1. The number of phosphoric acid groups is 1. The molecule has 10 nitrogen and oxygen atoms in total. The lowest BCUT2D eigenvalue weighted by molar-refractivity contribution is -0.116. The zero-order valence-corrected chi connectivity index (χ0v) is 20.8. The summed E-state index contributed by atoms with van der Waals surface area (Å²) < 4.78 is 15.6.